The number of guanidine groups is 1. The molecule has 0 bridgehead atoms. The predicted molar refractivity (Wildman–Crippen MR) is 104 cm³/mol. The zero-order chi connectivity index (χ0) is 17.9. The molecule has 0 radical (unpaired) electrons. The number of nitrogens with zero attached hydrogens (tertiary/aromatic N) is 1. The fourth-order valence-electron chi connectivity index (χ4n) is 3.20. The zero-order valence-electron chi connectivity index (χ0n) is 15.6. The number of aliphatic imine (C=N–C) groups is 1. The van der Waals surface area contributed by atoms with Crippen LogP contribution in [0.5, 0.6) is 0 Å². The van der Waals surface area contributed by atoms with E-state index in [9.17, 15) is 4.79 Å². The van der Waals surface area contributed by atoms with Crippen LogP contribution in [0, 0.1) is 12.8 Å². The minimum atomic E-state index is 0.211. The van der Waals surface area contributed by atoms with Crippen molar-refractivity contribution < 1.29 is 4.79 Å². The number of aryl methyl sites for hydroxylation is 1. The average Bonchev–Trinajstić information content (AvgIpc) is 2.63. The highest BCUT2D eigenvalue weighted by atomic mass is 16.1. The molecule has 0 heterocycles. The molecule has 0 spiro atoms. The van der Waals surface area contributed by atoms with Gasteiger partial charge in [-0.15, -0.1) is 0 Å². The van der Waals surface area contributed by atoms with Crippen LogP contribution < -0.4 is 16.0 Å². The van der Waals surface area contributed by atoms with Crippen molar-refractivity contribution in [1.29, 1.82) is 0 Å². The second-order valence-electron chi connectivity index (χ2n) is 6.74. The molecular weight excluding hydrogens is 312 g/mol. The molecule has 5 nitrogen and oxygen atoms in total. The Kier molecular flexibility index (Phi) is 8.29. The fraction of sp³-hybridized carbons (Fsp3) is 0.600. The van der Waals surface area contributed by atoms with E-state index < -0.39 is 0 Å². The lowest BCUT2D eigenvalue weighted by molar-refractivity contribution is -0.125. The van der Waals surface area contributed by atoms with Crippen molar-refractivity contribution in [3.63, 3.8) is 0 Å². The van der Waals surface area contributed by atoms with Gasteiger partial charge in [0.2, 0.25) is 5.91 Å². The van der Waals surface area contributed by atoms with Gasteiger partial charge in [0.15, 0.2) is 5.96 Å². The maximum atomic E-state index is 12.1. The van der Waals surface area contributed by atoms with Crippen LogP contribution in [-0.4, -0.2) is 31.5 Å². The van der Waals surface area contributed by atoms with E-state index in [0.29, 0.717) is 19.6 Å². The molecular formula is C20H32N4O. The Morgan fingerprint density at radius 2 is 1.88 bits per heavy atom. The molecule has 0 aromatic heterocycles. The van der Waals surface area contributed by atoms with Crippen molar-refractivity contribution in [3.8, 4) is 0 Å². The van der Waals surface area contributed by atoms with E-state index in [1.54, 1.807) is 0 Å². The highest BCUT2D eigenvalue weighted by Crippen LogP contribution is 2.23. The summed E-state index contributed by atoms with van der Waals surface area (Å²) >= 11 is 0. The lowest BCUT2D eigenvalue weighted by Crippen LogP contribution is -2.42. The van der Waals surface area contributed by atoms with E-state index in [1.807, 2.05) is 0 Å². The van der Waals surface area contributed by atoms with Crippen LogP contribution >= 0.6 is 0 Å². The first-order valence-electron chi connectivity index (χ1n) is 9.54. The second kappa shape index (κ2) is 10.7. The summed E-state index contributed by atoms with van der Waals surface area (Å²) in [4.78, 5) is 16.7. The molecule has 0 atom stereocenters. The minimum absolute atomic E-state index is 0.211. The standard InChI is InChI=1S/C20H32N4O/c1-3-21-20(24-15-17-9-7-8-16(2)14-17)23-13-12-22-19(25)18-10-5-4-6-11-18/h7-9,14,18H,3-6,10-13,15H2,1-2H3,(H,22,25)(H2,21,23,24). The van der Waals surface area contributed by atoms with Crippen molar-refractivity contribution in [2.24, 2.45) is 10.9 Å². The summed E-state index contributed by atoms with van der Waals surface area (Å²) < 4.78 is 0. The minimum Gasteiger partial charge on any atom is -0.357 e. The van der Waals surface area contributed by atoms with Gasteiger partial charge in [0.05, 0.1) is 6.54 Å². The normalized spacial score (nSPS) is 15.7. The third kappa shape index (κ3) is 7.16. The molecule has 0 aliphatic heterocycles. The Balaban J connectivity index is 1.73. The van der Waals surface area contributed by atoms with Crippen LogP contribution in [-0.2, 0) is 11.3 Å². The van der Waals surface area contributed by atoms with Gasteiger partial charge in [0, 0.05) is 25.6 Å². The lowest BCUT2D eigenvalue weighted by Gasteiger charge is -2.21. The molecule has 1 fully saturated rings. The van der Waals surface area contributed by atoms with Crippen molar-refractivity contribution in [1.82, 2.24) is 16.0 Å². The summed E-state index contributed by atoms with van der Waals surface area (Å²) in [5.41, 5.74) is 2.44. The number of carbonyl (C=O) groups is 1. The zero-order valence-corrected chi connectivity index (χ0v) is 15.6. The quantitative estimate of drug-likeness (QED) is 0.405. The van der Waals surface area contributed by atoms with Crippen LogP contribution in [0.4, 0.5) is 0 Å². The van der Waals surface area contributed by atoms with E-state index >= 15 is 0 Å². The first kappa shape index (κ1) is 19.3. The van der Waals surface area contributed by atoms with E-state index in [1.165, 1.54) is 30.4 Å². The molecule has 0 unspecified atom stereocenters. The van der Waals surface area contributed by atoms with Gasteiger partial charge in [0.1, 0.15) is 0 Å². The van der Waals surface area contributed by atoms with Crippen molar-refractivity contribution >= 4 is 11.9 Å². The van der Waals surface area contributed by atoms with Gasteiger partial charge in [-0.05, 0) is 32.3 Å². The van der Waals surface area contributed by atoms with E-state index in [0.717, 1.165) is 25.3 Å². The van der Waals surface area contributed by atoms with Crippen molar-refractivity contribution in [2.75, 3.05) is 19.6 Å². The van der Waals surface area contributed by atoms with Gasteiger partial charge in [-0.3, -0.25) is 4.79 Å². The Morgan fingerprint density at radius 3 is 2.60 bits per heavy atom. The maximum Gasteiger partial charge on any atom is 0.223 e. The van der Waals surface area contributed by atoms with Crippen LogP contribution in [0.3, 0.4) is 0 Å². The number of carbonyl (C=O) groups excluding carboxylic acids is 1. The molecule has 1 amide bonds. The van der Waals surface area contributed by atoms with Gasteiger partial charge in [-0.1, -0.05) is 49.1 Å². The third-order valence-corrected chi connectivity index (χ3v) is 4.54. The van der Waals surface area contributed by atoms with E-state index in [2.05, 4.69) is 59.1 Å². The van der Waals surface area contributed by atoms with Gasteiger partial charge in [-0.25, -0.2) is 4.99 Å². The van der Waals surface area contributed by atoms with Gasteiger partial charge in [-0.2, -0.15) is 0 Å². The predicted octanol–water partition coefficient (Wildman–Crippen LogP) is 2.75. The molecule has 1 aromatic carbocycles. The summed E-state index contributed by atoms with van der Waals surface area (Å²) in [6, 6.07) is 8.38. The van der Waals surface area contributed by atoms with Gasteiger partial charge >= 0.3 is 0 Å². The van der Waals surface area contributed by atoms with Crippen LogP contribution in [0.25, 0.3) is 0 Å². The highest BCUT2D eigenvalue weighted by molar-refractivity contribution is 5.80. The monoisotopic (exact) mass is 344 g/mol. The van der Waals surface area contributed by atoms with Crippen LogP contribution in [0.1, 0.15) is 50.2 Å². The van der Waals surface area contributed by atoms with E-state index in [-0.39, 0.29) is 11.8 Å². The van der Waals surface area contributed by atoms with Gasteiger partial charge < -0.3 is 16.0 Å². The molecule has 3 N–H and O–H groups in total. The lowest BCUT2D eigenvalue weighted by atomic mass is 9.89. The number of nitrogens with one attached hydrogen (secondary N) is 3. The molecule has 5 heteroatoms. The van der Waals surface area contributed by atoms with Crippen molar-refractivity contribution in [3.05, 3.63) is 35.4 Å². The fourth-order valence-corrected chi connectivity index (χ4v) is 3.20. The molecule has 1 saturated carbocycles. The Bertz CT molecular complexity index is 565. The Morgan fingerprint density at radius 1 is 1.12 bits per heavy atom. The number of benzene rings is 1. The largest absolute Gasteiger partial charge is 0.357 e. The summed E-state index contributed by atoms with van der Waals surface area (Å²) in [7, 11) is 0. The number of rotatable bonds is 7. The highest BCUT2D eigenvalue weighted by Gasteiger charge is 2.20. The first-order valence-corrected chi connectivity index (χ1v) is 9.54. The SMILES string of the molecule is CCNC(=NCc1cccc(C)c1)NCCNC(=O)C1CCCCC1. The molecule has 0 saturated heterocycles. The topological polar surface area (TPSA) is 65.5 Å². The molecule has 2 rings (SSSR count). The maximum absolute atomic E-state index is 12.1. The third-order valence-electron chi connectivity index (χ3n) is 4.54. The molecule has 1 aliphatic carbocycles. The second-order valence-corrected chi connectivity index (χ2v) is 6.74. The van der Waals surface area contributed by atoms with Crippen LogP contribution in [0.2, 0.25) is 0 Å². The molecule has 1 aliphatic rings. The van der Waals surface area contributed by atoms with Crippen LogP contribution in [0.15, 0.2) is 29.3 Å². The molecule has 25 heavy (non-hydrogen) atoms. The number of amides is 1. The Hall–Kier alpha value is -2.04. The smallest absolute Gasteiger partial charge is 0.223 e. The summed E-state index contributed by atoms with van der Waals surface area (Å²) in [6.45, 7) is 6.90. The number of hydrogen-bond donors (Lipinski definition) is 3. The summed E-state index contributed by atoms with van der Waals surface area (Å²) in [6.07, 6.45) is 5.73. The average molecular weight is 345 g/mol. The Labute approximate surface area is 151 Å². The summed E-state index contributed by atoms with van der Waals surface area (Å²) in [5, 5.41) is 9.58. The van der Waals surface area contributed by atoms with E-state index in [4.69, 9.17) is 0 Å². The number of hydrogen-bond acceptors (Lipinski definition) is 2. The van der Waals surface area contributed by atoms with Gasteiger partial charge in [0.25, 0.3) is 0 Å². The summed E-state index contributed by atoms with van der Waals surface area (Å²) in [5.74, 6) is 1.22. The molecule has 138 valence electrons. The first-order chi connectivity index (χ1) is 12.2. The molecule has 1 aromatic rings. The van der Waals surface area contributed by atoms with Crippen molar-refractivity contribution in [2.45, 2.75) is 52.5 Å².